The molecule has 1 aromatic carbocycles. The van der Waals surface area contributed by atoms with E-state index in [-0.39, 0.29) is 14.7 Å². The SMILES string of the molecule is Cc1cc(S(=O)(=O)C(CNS(=O)(=O)c2ccc(Cl)s2)c2cccnc2)ccc1F. The van der Waals surface area contributed by atoms with Gasteiger partial charge in [0.2, 0.25) is 10.0 Å². The van der Waals surface area contributed by atoms with E-state index in [1.54, 1.807) is 12.1 Å². The molecule has 3 aromatic rings. The van der Waals surface area contributed by atoms with E-state index < -0.39 is 37.5 Å². The monoisotopic (exact) mass is 474 g/mol. The zero-order valence-corrected chi connectivity index (χ0v) is 18.2. The van der Waals surface area contributed by atoms with E-state index in [0.29, 0.717) is 9.90 Å². The van der Waals surface area contributed by atoms with Crippen LogP contribution in [0.5, 0.6) is 0 Å². The highest BCUT2D eigenvalue weighted by molar-refractivity contribution is 7.92. The molecule has 1 atom stereocenters. The average Bonchev–Trinajstić information content (AvgIpc) is 3.12. The van der Waals surface area contributed by atoms with Gasteiger partial charge in [0, 0.05) is 18.9 Å². The number of aryl methyl sites for hydroxylation is 1. The van der Waals surface area contributed by atoms with Crippen molar-refractivity contribution in [1.29, 1.82) is 0 Å². The highest BCUT2D eigenvalue weighted by atomic mass is 35.5. The summed E-state index contributed by atoms with van der Waals surface area (Å²) in [7, 11) is -8.01. The maximum absolute atomic E-state index is 13.6. The van der Waals surface area contributed by atoms with E-state index >= 15 is 0 Å². The van der Waals surface area contributed by atoms with Crippen LogP contribution in [-0.2, 0) is 19.9 Å². The van der Waals surface area contributed by atoms with Crippen LogP contribution in [0.25, 0.3) is 0 Å². The molecule has 6 nitrogen and oxygen atoms in total. The molecule has 154 valence electrons. The molecular weight excluding hydrogens is 459 g/mol. The molecule has 2 heterocycles. The Kier molecular flexibility index (Phi) is 6.39. The van der Waals surface area contributed by atoms with Gasteiger partial charge in [0.15, 0.2) is 9.84 Å². The predicted octanol–water partition coefficient (Wildman–Crippen LogP) is 3.74. The molecule has 0 aliphatic heterocycles. The molecule has 0 fully saturated rings. The minimum absolute atomic E-state index is 0.0255. The molecule has 1 N–H and O–H groups in total. The van der Waals surface area contributed by atoms with Gasteiger partial charge in [-0.2, -0.15) is 0 Å². The van der Waals surface area contributed by atoms with Crippen LogP contribution in [0.3, 0.4) is 0 Å². The van der Waals surface area contributed by atoms with E-state index in [9.17, 15) is 21.2 Å². The molecule has 0 saturated heterocycles. The Morgan fingerprint density at radius 3 is 2.52 bits per heavy atom. The first-order chi connectivity index (χ1) is 13.6. The molecule has 1 unspecified atom stereocenters. The Bertz CT molecular complexity index is 1230. The second kappa shape index (κ2) is 8.49. The number of sulfone groups is 1. The van der Waals surface area contributed by atoms with E-state index in [2.05, 4.69) is 9.71 Å². The van der Waals surface area contributed by atoms with Gasteiger partial charge in [-0.1, -0.05) is 17.7 Å². The van der Waals surface area contributed by atoms with Crippen molar-refractivity contribution >= 4 is 42.8 Å². The molecule has 0 bridgehead atoms. The summed E-state index contributed by atoms with van der Waals surface area (Å²) >= 11 is 6.66. The molecule has 0 spiro atoms. The van der Waals surface area contributed by atoms with Crippen LogP contribution in [0.15, 0.2) is 64.0 Å². The fraction of sp³-hybridized carbons (Fsp3) is 0.167. The summed E-state index contributed by atoms with van der Waals surface area (Å²) in [5.74, 6) is -0.530. The molecule has 11 heteroatoms. The lowest BCUT2D eigenvalue weighted by Crippen LogP contribution is -2.31. The van der Waals surface area contributed by atoms with Crippen LogP contribution in [0.4, 0.5) is 4.39 Å². The maximum atomic E-state index is 13.6. The lowest BCUT2D eigenvalue weighted by Gasteiger charge is -2.19. The summed E-state index contributed by atoms with van der Waals surface area (Å²) in [4.78, 5) is 3.83. The molecular formula is C18H16ClFN2O4S3. The number of nitrogens with one attached hydrogen (secondary N) is 1. The number of hydrogen-bond donors (Lipinski definition) is 1. The number of benzene rings is 1. The molecule has 0 saturated carbocycles. The maximum Gasteiger partial charge on any atom is 0.250 e. The minimum atomic E-state index is -4.05. The minimum Gasteiger partial charge on any atom is -0.264 e. The Morgan fingerprint density at radius 1 is 1.17 bits per heavy atom. The van der Waals surface area contributed by atoms with Crippen molar-refractivity contribution in [2.75, 3.05) is 6.54 Å². The first-order valence-electron chi connectivity index (χ1n) is 8.26. The summed E-state index contributed by atoms with van der Waals surface area (Å²) < 4.78 is 67.7. The van der Waals surface area contributed by atoms with Gasteiger partial charge in [-0.05, 0) is 54.4 Å². The highest BCUT2D eigenvalue weighted by Crippen LogP contribution is 2.30. The Morgan fingerprint density at radius 2 is 1.93 bits per heavy atom. The van der Waals surface area contributed by atoms with Gasteiger partial charge >= 0.3 is 0 Å². The second-order valence-corrected chi connectivity index (χ2v) is 12.0. The fourth-order valence-electron chi connectivity index (χ4n) is 2.63. The number of halogens is 2. The highest BCUT2D eigenvalue weighted by Gasteiger charge is 2.31. The Balaban J connectivity index is 1.98. The molecule has 0 amide bonds. The van der Waals surface area contributed by atoms with Crippen molar-refractivity contribution in [3.63, 3.8) is 0 Å². The second-order valence-electron chi connectivity index (χ2n) is 6.14. The third-order valence-corrected chi connectivity index (χ3v) is 9.41. The van der Waals surface area contributed by atoms with E-state index in [4.69, 9.17) is 11.6 Å². The summed E-state index contributed by atoms with van der Waals surface area (Å²) in [5, 5.41) is -1.26. The van der Waals surface area contributed by atoms with Crippen molar-refractivity contribution in [1.82, 2.24) is 9.71 Å². The van der Waals surface area contributed by atoms with Crippen molar-refractivity contribution < 1.29 is 21.2 Å². The summed E-state index contributed by atoms with van der Waals surface area (Å²) in [6, 6.07) is 9.34. The van der Waals surface area contributed by atoms with Crippen LogP contribution in [-0.4, -0.2) is 28.4 Å². The average molecular weight is 475 g/mol. The lowest BCUT2D eigenvalue weighted by molar-refractivity contribution is 0.569. The lowest BCUT2D eigenvalue weighted by atomic mass is 10.2. The molecule has 29 heavy (non-hydrogen) atoms. The third kappa shape index (κ3) is 4.84. The van der Waals surface area contributed by atoms with Crippen LogP contribution >= 0.6 is 22.9 Å². The zero-order chi connectivity index (χ0) is 21.2. The van der Waals surface area contributed by atoms with Crippen LogP contribution < -0.4 is 4.72 Å². The van der Waals surface area contributed by atoms with Crippen molar-refractivity contribution in [3.8, 4) is 0 Å². The number of hydrogen-bond acceptors (Lipinski definition) is 6. The quantitative estimate of drug-likeness (QED) is 0.526. The molecule has 0 aliphatic carbocycles. The van der Waals surface area contributed by atoms with Crippen molar-refractivity contribution in [2.24, 2.45) is 0 Å². The first-order valence-corrected chi connectivity index (χ1v) is 12.5. The molecule has 0 radical (unpaired) electrons. The summed E-state index contributed by atoms with van der Waals surface area (Å²) in [6.45, 7) is 1.03. The Hall–Kier alpha value is -1.85. The number of thiophene rings is 1. The van der Waals surface area contributed by atoms with Crippen LogP contribution in [0, 0.1) is 12.7 Å². The topological polar surface area (TPSA) is 93.2 Å². The zero-order valence-electron chi connectivity index (χ0n) is 15.0. The normalized spacial score (nSPS) is 13.3. The van der Waals surface area contributed by atoms with Crippen LogP contribution in [0.1, 0.15) is 16.4 Å². The first kappa shape index (κ1) is 21.8. The Labute approximate surface area is 177 Å². The van der Waals surface area contributed by atoms with Gasteiger partial charge in [0.1, 0.15) is 15.3 Å². The largest absolute Gasteiger partial charge is 0.264 e. The van der Waals surface area contributed by atoms with Crippen LogP contribution in [0.2, 0.25) is 4.34 Å². The fourth-order valence-corrected chi connectivity index (χ4v) is 7.04. The van der Waals surface area contributed by atoms with Crippen molar-refractivity contribution in [2.45, 2.75) is 21.3 Å². The summed E-state index contributed by atoms with van der Waals surface area (Å²) in [5.41, 5.74) is 0.478. The summed E-state index contributed by atoms with van der Waals surface area (Å²) in [6.07, 6.45) is 2.84. The van der Waals surface area contributed by atoms with Gasteiger partial charge in [-0.25, -0.2) is 25.9 Å². The molecule has 3 rings (SSSR count). The van der Waals surface area contributed by atoms with Gasteiger partial charge in [0.25, 0.3) is 0 Å². The van der Waals surface area contributed by atoms with Gasteiger partial charge in [-0.3, -0.25) is 4.98 Å². The van der Waals surface area contributed by atoms with E-state index in [1.165, 1.54) is 37.5 Å². The van der Waals surface area contributed by atoms with E-state index in [0.717, 1.165) is 23.5 Å². The standard InChI is InChI=1S/C18H16ClFN2O4S3/c1-12-9-14(4-5-15(12)20)28(23,24)16(13-3-2-8-21-10-13)11-22-29(25,26)18-7-6-17(19)27-18/h2-10,16,22H,11H2,1H3. The smallest absolute Gasteiger partial charge is 0.250 e. The van der Waals surface area contributed by atoms with Gasteiger partial charge in [0.05, 0.1) is 9.23 Å². The van der Waals surface area contributed by atoms with Gasteiger partial charge in [-0.15, -0.1) is 11.3 Å². The number of rotatable bonds is 7. The number of pyridine rings is 1. The van der Waals surface area contributed by atoms with Gasteiger partial charge < -0.3 is 0 Å². The molecule has 2 aromatic heterocycles. The van der Waals surface area contributed by atoms with Crippen molar-refractivity contribution in [3.05, 3.63) is 76.1 Å². The molecule has 0 aliphatic rings. The van der Waals surface area contributed by atoms with E-state index in [1.807, 2.05) is 0 Å². The number of aromatic nitrogens is 1. The third-order valence-electron chi connectivity index (χ3n) is 4.16. The number of nitrogens with zero attached hydrogens (tertiary/aromatic N) is 1. The predicted molar refractivity (Wildman–Crippen MR) is 110 cm³/mol. The number of sulfonamides is 1.